The fourth-order valence-electron chi connectivity index (χ4n) is 8.40. The molecule has 0 saturated heterocycles. The first kappa shape index (κ1) is 26.3. The molecule has 0 unspecified atom stereocenters. The maximum absolute atomic E-state index is 13.3. The van der Waals surface area contributed by atoms with E-state index in [2.05, 4.69) is 20.8 Å². The van der Waals surface area contributed by atoms with Crippen molar-refractivity contribution in [1.82, 2.24) is 0 Å². The van der Waals surface area contributed by atoms with Gasteiger partial charge >= 0.3 is 0 Å². The molecule has 11 atom stereocenters. The summed E-state index contributed by atoms with van der Waals surface area (Å²) in [6.07, 6.45) is 2.51. The zero-order valence-electron chi connectivity index (χ0n) is 21.8. The third kappa shape index (κ3) is 3.58. The van der Waals surface area contributed by atoms with Gasteiger partial charge in [0.25, 0.3) is 0 Å². The van der Waals surface area contributed by atoms with Crippen molar-refractivity contribution in [1.29, 1.82) is 0 Å². The lowest BCUT2D eigenvalue weighted by atomic mass is 9.45. The molecule has 0 radical (unpaired) electrons. The fourth-order valence-corrected chi connectivity index (χ4v) is 8.40. The van der Waals surface area contributed by atoms with Crippen LogP contribution in [0.15, 0.2) is 11.6 Å². The Hall–Kier alpha value is -0.790. The third-order valence-electron chi connectivity index (χ3n) is 11.2. The lowest BCUT2D eigenvalue weighted by Crippen LogP contribution is -2.62. The summed E-state index contributed by atoms with van der Waals surface area (Å²) in [5.74, 6) is -0.126. The van der Waals surface area contributed by atoms with E-state index in [9.17, 15) is 30.3 Å². The van der Waals surface area contributed by atoms with Crippen LogP contribution in [0.1, 0.15) is 86.5 Å². The minimum absolute atomic E-state index is 0.0509. The molecule has 3 fully saturated rings. The van der Waals surface area contributed by atoms with Crippen LogP contribution in [0.25, 0.3) is 0 Å². The van der Waals surface area contributed by atoms with E-state index < -0.39 is 40.3 Å². The van der Waals surface area contributed by atoms with Gasteiger partial charge < -0.3 is 25.5 Å². The van der Waals surface area contributed by atoms with Gasteiger partial charge in [0, 0.05) is 11.3 Å². The number of carbonyl (C=O) groups is 1. The molecule has 6 nitrogen and oxygen atoms in total. The molecule has 0 amide bonds. The summed E-state index contributed by atoms with van der Waals surface area (Å²) in [5, 5.41) is 55.8. The highest BCUT2D eigenvalue weighted by molar-refractivity contribution is 5.95. The molecule has 4 aliphatic carbocycles. The third-order valence-corrected chi connectivity index (χ3v) is 11.2. The average Bonchev–Trinajstić information content (AvgIpc) is 3.02. The van der Waals surface area contributed by atoms with Gasteiger partial charge in [-0.05, 0) is 92.6 Å². The molecule has 3 saturated carbocycles. The van der Waals surface area contributed by atoms with E-state index in [-0.39, 0.29) is 35.9 Å². The van der Waals surface area contributed by atoms with Crippen molar-refractivity contribution < 1.29 is 30.3 Å². The molecule has 194 valence electrons. The summed E-state index contributed by atoms with van der Waals surface area (Å²) in [7, 11) is 0. The second kappa shape index (κ2) is 8.37. The predicted molar refractivity (Wildman–Crippen MR) is 130 cm³/mol. The van der Waals surface area contributed by atoms with Crippen LogP contribution in [0, 0.1) is 40.4 Å². The second-order valence-corrected chi connectivity index (χ2v) is 13.3. The van der Waals surface area contributed by atoms with Crippen molar-refractivity contribution in [2.24, 2.45) is 40.4 Å². The van der Waals surface area contributed by atoms with Gasteiger partial charge in [0.1, 0.15) is 0 Å². The van der Waals surface area contributed by atoms with E-state index in [1.807, 2.05) is 13.8 Å². The standard InChI is InChI=1S/C28H46O6/c1-15(2)16(3)11-24(32)27(6,33)23-8-10-28(34)18-12-20(29)19-13-21(30)22(31)14-25(19,4)17(18)7-9-26(23,28)5/h12,15-17,19,21-24,30-34H,7-11,13-14H2,1-6H3/t16-,17+,19-,21+,22-,23-,24+,25+,26+,27+,28+/m0/s1. The highest BCUT2D eigenvalue weighted by Gasteiger charge is 2.69. The van der Waals surface area contributed by atoms with Gasteiger partial charge in [0.05, 0.1) is 29.5 Å². The number of hydrogen-bond donors (Lipinski definition) is 5. The number of allylic oxidation sites excluding steroid dienone is 1. The monoisotopic (exact) mass is 478 g/mol. The van der Waals surface area contributed by atoms with E-state index in [4.69, 9.17) is 0 Å². The molecule has 0 heterocycles. The lowest BCUT2D eigenvalue weighted by molar-refractivity contribution is -0.177. The second-order valence-electron chi connectivity index (χ2n) is 13.3. The summed E-state index contributed by atoms with van der Waals surface area (Å²) >= 11 is 0. The van der Waals surface area contributed by atoms with Gasteiger partial charge in [-0.3, -0.25) is 4.79 Å². The molecular formula is C28H46O6. The van der Waals surface area contributed by atoms with Crippen molar-refractivity contribution in [2.45, 2.75) is 116 Å². The van der Waals surface area contributed by atoms with E-state index in [0.717, 1.165) is 12.0 Å². The lowest BCUT2D eigenvalue weighted by Gasteiger charge is -2.60. The number of fused-ring (bicyclic) bond motifs is 5. The Morgan fingerprint density at radius 1 is 1.09 bits per heavy atom. The molecule has 5 N–H and O–H groups in total. The van der Waals surface area contributed by atoms with Crippen molar-refractivity contribution >= 4 is 5.78 Å². The van der Waals surface area contributed by atoms with Gasteiger partial charge in [-0.1, -0.05) is 34.6 Å². The molecule has 0 bridgehead atoms. The Bertz CT molecular complexity index is 850. The summed E-state index contributed by atoms with van der Waals surface area (Å²) in [6, 6.07) is 0. The summed E-state index contributed by atoms with van der Waals surface area (Å²) in [5.41, 5.74) is -3.03. The Morgan fingerprint density at radius 3 is 2.35 bits per heavy atom. The number of carbonyl (C=O) groups excluding carboxylic acids is 1. The van der Waals surface area contributed by atoms with Crippen LogP contribution in [0.2, 0.25) is 0 Å². The topological polar surface area (TPSA) is 118 Å². The largest absolute Gasteiger partial charge is 0.390 e. The molecule has 0 aromatic carbocycles. The van der Waals surface area contributed by atoms with E-state index in [1.165, 1.54) is 0 Å². The Balaban J connectivity index is 1.68. The van der Waals surface area contributed by atoms with Gasteiger partial charge in [-0.25, -0.2) is 0 Å². The highest BCUT2D eigenvalue weighted by atomic mass is 16.3. The molecule has 6 heteroatoms. The Kier molecular flexibility index (Phi) is 6.47. The van der Waals surface area contributed by atoms with Gasteiger partial charge in [0.15, 0.2) is 5.78 Å². The van der Waals surface area contributed by atoms with Crippen LogP contribution in [-0.4, -0.2) is 60.8 Å². The average molecular weight is 479 g/mol. The van der Waals surface area contributed by atoms with Crippen molar-refractivity contribution in [3.8, 4) is 0 Å². The molecule has 4 rings (SSSR count). The smallest absolute Gasteiger partial charge is 0.159 e. The molecule has 0 spiro atoms. The molecule has 0 aromatic rings. The number of hydrogen-bond acceptors (Lipinski definition) is 6. The van der Waals surface area contributed by atoms with Crippen molar-refractivity contribution in [3.63, 3.8) is 0 Å². The van der Waals surface area contributed by atoms with Gasteiger partial charge in [0.2, 0.25) is 0 Å². The summed E-state index contributed by atoms with van der Waals surface area (Å²) in [6.45, 7) is 12.1. The zero-order valence-corrected chi connectivity index (χ0v) is 21.8. The minimum Gasteiger partial charge on any atom is -0.390 e. The van der Waals surface area contributed by atoms with Gasteiger partial charge in [-0.2, -0.15) is 0 Å². The quantitative estimate of drug-likeness (QED) is 0.415. The highest BCUT2D eigenvalue weighted by Crippen LogP contribution is 2.68. The maximum Gasteiger partial charge on any atom is 0.159 e. The number of rotatable bonds is 5. The zero-order chi connectivity index (χ0) is 25.4. The van der Waals surface area contributed by atoms with Crippen LogP contribution in [0.5, 0.6) is 0 Å². The number of aliphatic hydroxyl groups excluding tert-OH is 3. The van der Waals surface area contributed by atoms with Crippen LogP contribution in [0.3, 0.4) is 0 Å². The molecule has 4 aliphatic rings. The molecule has 0 aliphatic heterocycles. The van der Waals surface area contributed by atoms with Crippen molar-refractivity contribution in [2.75, 3.05) is 0 Å². The SMILES string of the molecule is CC(C)[C@@H](C)C[C@@H](O)[C@](C)(O)[C@H]1CC[C@@]2(O)C3=CC(=O)[C@@H]4C[C@@H](O)[C@@H](O)C[C@]4(C)[C@@H]3CC[C@]12C. The maximum atomic E-state index is 13.3. The Labute approximate surface area is 204 Å². The number of aliphatic hydroxyl groups is 5. The summed E-state index contributed by atoms with van der Waals surface area (Å²) < 4.78 is 0. The van der Waals surface area contributed by atoms with E-state index in [0.29, 0.717) is 38.0 Å². The van der Waals surface area contributed by atoms with Crippen LogP contribution in [0.4, 0.5) is 0 Å². The van der Waals surface area contributed by atoms with E-state index >= 15 is 0 Å². The Morgan fingerprint density at radius 2 is 1.74 bits per heavy atom. The first-order valence-corrected chi connectivity index (χ1v) is 13.3. The number of ketones is 1. The summed E-state index contributed by atoms with van der Waals surface area (Å²) in [4.78, 5) is 13.3. The van der Waals surface area contributed by atoms with E-state index in [1.54, 1.807) is 13.0 Å². The first-order chi connectivity index (χ1) is 15.6. The van der Waals surface area contributed by atoms with Crippen LogP contribution >= 0.6 is 0 Å². The molecular weight excluding hydrogens is 432 g/mol. The van der Waals surface area contributed by atoms with Crippen molar-refractivity contribution in [3.05, 3.63) is 11.6 Å². The normalized spacial score (nSPS) is 47.8. The molecule has 34 heavy (non-hydrogen) atoms. The van der Waals surface area contributed by atoms with Gasteiger partial charge in [-0.15, -0.1) is 0 Å². The molecule has 0 aromatic heterocycles. The first-order valence-electron chi connectivity index (χ1n) is 13.3. The van der Waals surface area contributed by atoms with Crippen LogP contribution in [-0.2, 0) is 4.79 Å². The predicted octanol–water partition coefficient (Wildman–Crippen LogP) is 2.99. The fraction of sp³-hybridized carbons (Fsp3) is 0.893. The minimum atomic E-state index is -1.36. The van der Waals surface area contributed by atoms with Crippen LogP contribution < -0.4 is 0 Å².